The fourth-order valence-corrected chi connectivity index (χ4v) is 2.30. The van der Waals surface area contributed by atoms with Crippen LogP contribution in [0.5, 0.6) is 11.5 Å². The van der Waals surface area contributed by atoms with Crippen LogP contribution in [0.1, 0.15) is 12.5 Å². The normalized spacial score (nSPS) is 17.6. The van der Waals surface area contributed by atoms with Crippen LogP contribution < -0.4 is 15.2 Å². The minimum Gasteiger partial charge on any atom is -0.489 e. The van der Waals surface area contributed by atoms with E-state index in [0.29, 0.717) is 24.8 Å². The number of nitrogens with zero attached hydrogens (tertiary/aromatic N) is 1. The Morgan fingerprint density at radius 3 is 2.65 bits per heavy atom. The van der Waals surface area contributed by atoms with Crippen molar-refractivity contribution in [2.45, 2.75) is 13.8 Å². The standard InChI is InChI=1S/C16H18N2O2/c1-10-8-19-14-4-3-12(6-15(14)20-9-10)16-11(2)5-13(17)7-18-16/h3-7,10H,8-9,17H2,1-2H3. The van der Waals surface area contributed by atoms with E-state index in [0.717, 1.165) is 28.3 Å². The maximum absolute atomic E-state index is 5.81. The third-order valence-electron chi connectivity index (χ3n) is 3.36. The van der Waals surface area contributed by atoms with Gasteiger partial charge in [0.15, 0.2) is 11.5 Å². The van der Waals surface area contributed by atoms with Crippen LogP contribution in [0, 0.1) is 12.8 Å². The lowest BCUT2D eigenvalue weighted by Gasteiger charge is -2.10. The topological polar surface area (TPSA) is 57.4 Å². The third-order valence-corrected chi connectivity index (χ3v) is 3.36. The summed E-state index contributed by atoms with van der Waals surface area (Å²) in [5.41, 5.74) is 9.40. The van der Waals surface area contributed by atoms with Crippen LogP contribution in [-0.2, 0) is 0 Å². The number of benzene rings is 1. The predicted octanol–water partition coefficient (Wildman–Crippen LogP) is 3.05. The summed E-state index contributed by atoms with van der Waals surface area (Å²) in [5.74, 6) is 1.97. The lowest BCUT2D eigenvalue weighted by atomic mass is 10.1. The van der Waals surface area contributed by atoms with E-state index in [1.165, 1.54) is 0 Å². The Bertz CT molecular complexity index is 640. The van der Waals surface area contributed by atoms with Gasteiger partial charge in [-0.3, -0.25) is 4.98 Å². The predicted molar refractivity (Wildman–Crippen MR) is 79.0 cm³/mol. The van der Waals surface area contributed by atoms with E-state index >= 15 is 0 Å². The summed E-state index contributed by atoms with van der Waals surface area (Å²) in [4.78, 5) is 4.41. The first-order valence-corrected chi connectivity index (χ1v) is 6.75. The molecule has 4 nitrogen and oxygen atoms in total. The van der Waals surface area contributed by atoms with Gasteiger partial charge in [-0.2, -0.15) is 0 Å². The molecule has 0 spiro atoms. The second-order valence-electron chi connectivity index (χ2n) is 5.32. The molecule has 1 aromatic heterocycles. The van der Waals surface area contributed by atoms with Gasteiger partial charge in [0.25, 0.3) is 0 Å². The van der Waals surface area contributed by atoms with Crippen molar-refractivity contribution in [3.63, 3.8) is 0 Å². The molecule has 1 atom stereocenters. The number of hydrogen-bond donors (Lipinski definition) is 1. The zero-order valence-electron chi connectivity index (χ0n) is 11.7. The molecule has 0 radical (unpaired) electrons. The third kappa shape index (κ3) is 2.41. The van der Waals surface area contributed by atoms with Crippen LogP contribution in [-0.4, -0.2) is 18.2 Å². The number of anilines is 1. The van der Waals surface area contributed by atoms with Gasteiger partial charge in [0, 0.05) is 11.5 Å². The van der Waals surface area contributed by atoms with Crippen LogP contribution >= 0.6 is 0 Å². The summed E-state index contributed by atoms with van der Waals surface area (Å²) in [6, 6.07) is 7.86. The monoisotopic (exact) mass is 270 g/mol. The van der Waals surface area contributed by atoms with Crippen LogP contribution in [0.25, 0.3) is 11.3 Å². The number of nitrogens with two attached hydrogens (primary N) is 1. The number of rotatable bonds is 1. The summed E-state index contributed by atoms with van der Waals surface area (Å²) in [6.45, 7) is 5.47. The molecule has 2 heterocycles. The van der Waals surface area contributed by atoms with Gasteiger partial charge < -0.3 is 15.2 Å². The molecule has 2 N–H and O–H groups in total. The van der Waals surface area contributed by atoms with Gasteiger partial charge in [-0.05, 0) is 36.8 Å². The molecule has 3 rings (SSSR count). The lowest BCUT2D eigenvalue weighted by Crippen LogP contribution is -2.12. The number of ether oxygens (including phenoxy) is 2. The van der Waals surface area contributed by atoms with Crippen LogP contribution in [0.3, 0.4) is 0 Å². The highest BCUT2D eigenvalue weighted by atomic mass is 16.5. The number of fused-ring (bicyclic) bond motifs is 1. The Morgan fingerprint density at radius 1 is 1.15 bits per heavy atom. The molecule has 0 aliphatic carbocycles. The van der Waals surface area contributed by atoms with Gasteiger partial charge in [-0.25, -0.2) is 0 Å². The quantitative estimate of drug-likeness (QED) is 0.865. The average Bonchev–Trinajstić information content (AvgIpc) is 2.61. The summed E-state index contributed by atoms with van der Waals surface area (Å²) in [5, 5.41) is 0. The van der Waals surface area contributed by atoms with Crippen molar-refractivity contribution < 1.29 is 9.47 Å². The molecule has 20 heavy (non-hydrogen) atoms. The van der Waals surface area contributed by atoms with Gasteiger partial charge in [0.2, 0.25) is 0 Å². The Morgan fingerprint density at radius 2 is 1.90 bits per heavy atom. The number of nitrogen functional groups attached to an aromatic ring is 1. The molecular weight excluding hydrogens is 252 g/mol. The van der Waals surface area contributed by atoms with Crippen LogP contribution in [0.15, 0.2) is 30.5 Å². The highest BCUT2D eigenvalue weighted by Gasteiger charge is 2.16. The molecule has 4 heteroatoms. The fourth-order valence-electron chi connectivity index (χ4n) is 2.30. The molecule has 0 amide bonds. The van der Waals surface area contributed by atoms with E-state index in [4.69, 9.17) is 15.2 Å². The zero-order valence-corrected chi connectivity index (χ0v) is 11.7. The minimum atomic E-state index is 0.391. The van der Waals surface area contributed by atoms with Crippen molar-refractivity contribution in [3.05, 3.63) is 36.0 Å². The first kappa shape index (κ1) is 12.8. The van der Waals surface area contributed by atoms with Gasteiger partial charge in [-0.1, -0.05) is 6.92 Å². The number of aryl methyl sites for hydroxylation is 1. The van der Waals surface area contributed by atoms with E-state index in [2.05, 4.69) is 11.9 Å². The Balaban J connectivity index is 2.00. The van der Waals surface area contributed by atoms with Gasteiger partial charge in [-0.15, -0.1) is 0 Å². The highest BCUT2D eigenvalue weighted by molar-refractivity contribution is 5.68. The zero-order chi connectivity index (χ0) is 14.1. The number of pyridine rings is 1. The molecule has 0 fully saturated rings. The SMILES string of the molecule is Cc1cc(N)cnc1-c1ccc2c(c1)OCC(C)CO2. The average molecular weight is 270 g/mol. The van der Waals surface area contributed by atoms with E-state index in [1.54, 1.807) is 6.20 Å². The summed E-state index contributed by atoms with van der Waals surface area (Å²) in [6.07, 6.45) is 1.67. The number of hydrogen-bond acceptors (Lipinski definition) is 4. The molecule has 2 aromatic rings. The molecule has 1 aromatic carbocycles. The van der Waals surface area contributed by atoms with Crippen LogP contribution in [0.4, 0.5) is 5.69 Å². The molecule has 1 aliphatic heterocycles. The second-order valence-corrected chi connectivity index (χ2v) is 5.32. The van der Waals surface area contributed by atoms with Crippen LogP contribution in [0.2, 0.25) is 0 Å². The first-order valence-electron chi connectivity index (χ1n) is 6.75. The summed E-state index contributed by atoms with van der Waals surface area (Å²) >= 11 is 0. The van der Waals surface area contributed by atoms with Gasteiger partial charge >= 0.3 is 0 Å². The maximum Gasteiger partial charge on any atom is 0.161 e. The molecule has 0 bridgehead atoms. The van der Waals surface area contributed by atoms with Crippen molar-refractivity contribution >= 4 is 5.69 Å². The van der Waals surface area contributed by atoms with Crippen molar-refractivity contribution in [2.75, 3.05) is 18.9 Å². The summed E-state index contributed by atoms with van der Waals surface area (Å²) < 4.78 is 11.5. The molecule has 104 valence electrons. The molecule has 1 unspecified atom stereocenters. The van der Waals surface area contributed by atoms with Gasteiger partial charge in [0.1, 0.15) is 0 Å². The van der Waals surface area contributed by atoms with E-state index < -0.39 is 0 Å². The minimum absolute atomic E-state index is 0.391. The fraction of sp³-hybridized carbons (Fsp3) is 0.312. The lowest BCUT2D eigenvalue weighted by molar-refractivity contribution is 0.228. The maximum atomic E-state index is 5.81. The Labute approximate surface area is 118 Å². The van der Waals surface area contributed by atoms with Crippen molar-refractivity contribution in [3.8, 4) is 22.8 Å². The first-order chi connectivity index (χ1) is 9.63. The molecule has 1 aliphatic rings. The molecule has 0 saturated heterocycles. The van der Waals surface area contributed by atoms with E-state index in [9.17, 15) is 0 Å². The second kappa shape index (κ2) is 5.04. The van der Waals surface area contributed by atoms with E-state index in [-0.39, 0.29) is 0 Å². The van der Waals surface area contributed by atoms with E-state index in [1.807, 2.05) is 31.2 Å². The highest BCUT2D eigenvalue weighted by Crippen LogP contribution is 2.35. The van der Waals surface area contributed by atoms with Crippen molar-refractivity contribution in [1.29, 1.82) is 0 Å². The number of aromatic nitrogens is 1. The molecular formula is C16H18N2O2. The Hall–Kier alpha value is -2.23. The smallest absolute Gasteiger partial charge is 0.161 e. The van der Waals surface area contributed by atoms with Crippen molar-refractivity contribution in [1.82, 2.24) is 4.98 Å². The van der Waals surface area contributed by atoms with Gasteiger partial charge in [0.05, 0.1) is 30.8 Å². The Kier molecular flexibility index (Phi) is 3.22. The molecule has 0 saturated carbocycles. The summed E-state index contributed by atoms with van der Waals surface area (Å²) in [7, 11) is 0. The van der Waals surface area contributed by atoms with Crippen molar-refractivity contribution in [2.24, 2.45) is 5.92 Å². The largest absolute Gasteiger partial charge is 0.489 e.